The summed E-state index contributed by atoms with van der Waals surface area (Å²) in [6.07, 6.45) is 1.59. The highest BCUT2D eigenvalue weighted by molar-refractivity contribution is 6.53. The van der Waals surface area contributed by atoms with E-state index >= 15 is 0 Å². The van der Waals surface area contributed by atoms with Crippen LogP contribution >= 0.6 is 34.8 Å². The number of carbonyl (C=O) groups is 1. The van der Waals surface area contributed by atoms with Gasteiger partial charge in [0.15, 0.2) is 0 Å². The van der Waals surface area contributed by atoms with E-state index in [1.54, 1.807) is 30.5 Å². The monoisotopic (exact) mass is 366 g/mol. The second kappa shape index (κ2) is 6.52. The molecule has 1 saturated carbocycles. The molecule has 1 aliphatic rings. The van der Waals surface area contributed by atoms with E-state index in [4.69, 9.17) is 34.8 Å². The van der Waals surface area contributed by atoms with Crippen molar-refractivity contribution in [2.24, 2.45) is 11.0 Å². The number of rotatable bonds is 4. The van der Waals surface area contributed by atoms with Crippen molar-refractivity contribution in [3.63, 3.8) is 0 Å². The number of hydrazone groups is 1. The molecule has 118 valence electrons. The lowest BCUT2D eigenvalue weighted by atomic mass is 10.1. The van der Waals surface area contributed by atoms with Crippen LogP contribution in [0.4, 0.5) is 0 Å². The van der Waals surface area contributed by atoms with Crippen molar-refractivity contribution in [3.8, 4) is 0 Å². The second-order valence-corrected chi connectivity index (χ2v) is 7.20. The Hall–Kier alpha value is -1.55. The van der Waals surface area contributed by atoms with Gasteiger partial charge in [-0.1, -0.05) is 41.9 Å². The first-order valence-electron chi connectivity index (χ1n) is 7.02. The average Bonchev–Trinajstić information content (AvgIpc) is 3.09. The minimum atomic E-state index is -0.893. The number of halogens is 3. The molecule has 3 rings (SSSR count). The summed E-state index contributed by atoms with van der Waals surface area (Å²) < 4.78 is -0.893. The van der Waals surface area contributed by atoms with Crippen molar-refractivity contribution < 1.29 is 4.79 Å². The van der Waals surface area contributed by atoms with Crippen molar-refractivity contribution in [2.45, 2.75) is 10.3 Å². The van der Waals surface area contributed by atoms with Gasteiger partial charge >= 0.3 is 0 Å². The zero-order valence-electron chi connectivity index (χ0n) is 11.9. The Morgan fingerprint density at radius 1 is 1.09 bits per heavy atom. The van der Waals surface area contributed by atoms with E-state index in [2.05, 4.69) is 10.5 Å². The summed E-state index contributed by atoms with van der Waals surface area (Å²) in [6.45, 7) is 0. The van der Waals surface area contributed by atoms with Crippen LogP contribution in [0.2, 0.25) is 5.02 Å². The standard InChI is InChI=1S/C17H13Cl3N2O/c18-13-8-6-12(7-9-13)16(23)22-21-10-14-15(17(14,19)20)11-4-2-1-3-5-11/h1-10,14-15H,(H,22,23)/b21-10-/t14-,15-/m1/s1. The summed E-state index contributed by atoms with van der Waals surface area (Å²) in [5, 5.41) is 4.55. The molecule has 1 aliphatic carbocycles. The van der Waals surface area contributed by atoms with Crippen LogP contribution in [-0.2, 0) is 0 Å². The maximum atomic E-state index is 11.9. The molecule has 0 heterocycles. The average molecular weight is 368 g/mol. The normalized spacial score (nSPS) is 22.0. The van der Waals surface area contributed by atoms with E-state index in [0.717, 1.165) is 5.56 Å². The van der Waals surface area contributed by atoms with Gasteiger partial charge in [-0.3, -0.25) is 4.79 Å². The number of alkyl halides is 2. The molecule has 2 atom stereocenters. The molecule has 1 N–H and O–H groups in total. The Morgan fingerprint density at radius 3 is 2.39 bits per heavy atom. The number of carbonyl (C=O) groups excluding carboxylic acids is 1. The highest BCUT2D eigenvalue weighted by atomic mass is 35.5. The Balaban J connectivity index is 1.62. The predicted molar refractivity (Wildman–Crippen MR) is 94.5 cm³/mol. The molecular formula is C17H13Cl3N2O. The SMILES string of the molecule is O=C(N/N=C\[C@@H]1[C@@H](c2ccccc2)C1(Cl)Cl)c1ccc(Cl)cc1. The third-order valence-electron chi connectivity index (χ3n) is 3.78. The Bertz CT molecular complexity index is 729. The van der Waals surface area contributed by atoms with Crippen LogP contribution in [0, 0.1) is 5.92 Å². The van der Waals surface area contributed by atoms with Crippen molar-refractivity contribution in [1.29, 1.82) is 0 Å². The van der Waals surface area contributed by atoms with Gasteiger partial charge in [-0.2, -0.15) is 5.10 Å². The molecule has 1 amide bonds. The van der Waals surface area contributed by atoms with Crippen LogP contribution < -0.4 is 5.43 Å². The van der Waals surface area contributed by atoms with Crippen molar-refractivity contribution in [2.75, 3.05) is 0 Å². The van der Waals surface area contributed by atoms with E-state index in [0.29, 0.717) is 10.6 Å². The van der Waals surface area contributed by atoms with Gasteiger partial charge in [0.05, 0.1) is 0 Å². The fourth-order valence-electron chi connectivity index (χ4n) is 2.47. The Morgan fingerprint density at radius 2 is 1.74 bits per heavy atom. The lowest BCUT2D eigenvalue weighted by Crippen LogP contribution is -2.17. The summed E-state index contributed by atoms with van der Waals surface area (Å²) in [5.41, 5.74) is 4.00. The molecule has 2 aromatic rings. The minimum absolute atomic E-state index is 0.0248. The predicted octanol–water partition coefficient (Wildman–Crippen LogP) is 4.64. The van der Waals surface area contributed by atoms with Gasteiger partial charge < -0.3 is 0 Å². The summed E-state index contributed by atoms with van der Waals surface area (Å²) in [4.78, 5) is 11.9. The summed E-state index contributed by atoms with van der Waals surface area (Å²) in [5.74, 6) is -0.480. The fraction of sp³-hybridized carbons (Fsp3) is 0.176. The molecule has 3 nitrogen and oxygen atoms in total. The first kappa shape index (κ1) is 16.3. The summed E-state index contributed by atoms with van der Waals surface area (Å²) in [6, 6.07) is 16.3. The number of nitrogens with zero attached hydrogens (tertiary/aromatic N) is 1. The van der Waals surface area contributed by atoms with Gasteiger partial charge in [-0.05, 0) is 29.8 Å². The molecule has 0 saturated heterocycles. The minimum Gasteiger partial charge on any atom is -0.267 e. The molecule has 0 bridgehead atoms. The van der Waals surface area contributed by atoms with Crippen molar-refractivity contribution in [1.82, 2.24) is 5.43 Å². The zero-order chi connectivity index (χ0) is 16.4. The number of hydrogen-bond donors (Lipinski definition) is 1. The maximum absolute atomic E-state index is 11.9. The molecule has 0 aromatic heterocycles. The van der Waals surface area contributed by atoms with E-state index in [-0.39, 0.29) is 17.7 Å². The quantitative estimate of drug-likeness (QED) is 0.477. The highest BCUT2D eigenvalue weighted by Gasteiger charge is 2.63. The fourth-order valence-corrected chi connectivity index (χ4v) is 3.36. The molecule has 0 radical (unpaired) electrons. The van der Waals surface area contributed by atoms with Gasteiger partial charge in [0.2, 0.25) is 0 Å². The lowest BCUT2D eigenvalue weighted by molar-refractivity contribution is 0.0955. The second-order valence-electron chi connectivity index (χ2n) is 5.31. The highest BCUT2D eigenvalue weighted by Crippen LogP contribution is 2.63. The van der Waals surface area contributed by atoms with Crippen LogP contribution in [0.3, 0.4) is 0 Å². The van der Waals surface area contributed by atoms with Crippen LogP contribution in [0.5, 0.6) is 0 Å². The number of amides is 1. The third kappa shape index (κ3) is 3.52. The van der Waals surface area contributed by atoms with Gasteiger partial charge in [0.1, 0.15) is 4.33 Å². The Labute approximate surface area is 149 Å². The van der Waals surface area contributed by atoms with Gasteiger partial charge in [0.25, 0.3) is 5.91 Å². The first-order valence-corrected chi connectivity index (χ1v) is 8.15. The molecule has 0 spiro atoms. The zero-order valence-corrected chi connectivity index (χ0v) is 14.2. The molecule has 23 heavy (non-hydrogen) atoms. The molecule has 1 fully saturated rings. The van der Waals surface area contributed by atoms with Gasteiger partial charge in [-0.15, -0.1) is 23.2 Å². The van der Waals surface area contributed by atoms with Crippen molar-refractivity contribution >= 4 is 46.9 Å². The first-order chi connectivity index (χ1) is 11.0. The summed E-state index contributed by atoms with van der Waals surface area (Å²) >= 11 is 18.4. The third-order valence-corrected chi connectivity index (χ3v) is 5.00. The van der Waals surface area contributed by atoms with E-state index in [9.17, 15) is 4.79 Å². The topological polar surface area (TPSA) is 41.5 Å². The van der Waals surface area contributed by atoms with Crippen LogP contribution in [0.1, 0.15) is 21.8 Å². The largest absolute Gasteiger partial charge is 0.271 e. The maximum Gasteiger partial charge on any atom is 0.271 e. The smallest absolute Gasteiger partial charge is 0.267 e. The van der Waals surface area contributed by atoms with Crippen LogP contribution in [-0.4, -0.2) is 16.5 Å². The lowest BCUT2D eigenvalue weighted by Gasteiger charge is -1.99. The van der Waals surface area contributed by atoms with Crippen LogP contribution in [0.15, 0.2) is 59.7 Å². The Kier molecular flexibility index (Phi) is 4.62. The van der Waals surface area contributed by atoms with Gasteiger partial charge in [0, 0.05) is 28.6 Å². The molecule has 6 heteroatoms. The van der Waals surface area contributed by atoms with Gasteiger partial charge in [-0.25, -0.2) is 5.43 Å². The molecule has 0 aliphatic heterocycles. The van der Waals surface area contributed by atoms with E-state index in [1.807, 2.05) is 30.3 Å². The van der Waals surface area contributed by atoms with Crippen LogP contribution in [0.25, 0.3) is 0 Å². The van der Waals surface area contributed by atoms with E-state index in [1.165, 1.54) is 0 Å². The number of nitrogens with one attached hydrogen (secondary N) is 1. The van der Waals surface area contributed by atoms with Crippen molar-refractivity contribution in [3.05, 3.63) is 70.7 Å². The molecule has 0 unspecified atom stereocenters. The summed E-state index contributed by atoms with van der Waals surface area (Å²) in [7, 11) is 0. The number of benzene rings is 2. The molecule has 2 aromatic carbocycles. The molecular weight excluding hydrogens is 355 g/mol. The number of hydrogen-bond acceptors (Lipinski definition) is 2. The van der Waals surface area contributed by atoms with E-state index < -0.39 is 4.33 Å².